The van der Waals surface area contributed by atoms with Gasteiger partial charge in [0.1, 0.15) is 10.5 Å². The Bertz CT molecular complexity index is 1420. The molecule has 4 aromatic rings. The van der Waals surface area contributed by atoms with E-state index in [1.165, 1.54) is 41.5 Å². The zero-order chi connectivity index (χ0) is 21.6. The van der Waals surface area contributed by atoms with Gasteiger partial charge < -0.3 is 4.57 Å². The molecule has 0 fully saturated rings. The van der Waals surface area contributed by atoms with E-state index in [9.17, 15) is 13.2 Å². The van der Waals surface area contributed by atoms with E-state index in [2.05, 4.69) is 14.5 Å². The maximum atomic E-state index is 12.5. The van der Waals surface area contributed by atoms with Crippen LogP contribution in [0.1, 0.15) is 12.7 Å². The molecule has 0 radical (unpaired) electrons. The summed E-state index contributed by atoms with van der Waals surface area (Å²) in [7, 11) is 1.21. The quantitative estimate of drug-likeness (QED) is 0.323. The van der Waals surface area contributed by atoms with Crippen LogP contribution in [0.25, 0.3) is 21.3 Å². The Labute approximate surface area is 182 Å². The summed E-state index contributed by atoms with van der Waals surface area (Å²) in [6.07, 6.45) is 0. The fourth-order valence-corrected chi connectivity index (χ4v) is 5.87. The molecular formula is C19H21N5O3S3. The molecule has 30 heavy (non-hydrogen) atoms. The van der Waals surface area contributed by atoms with E-state index < -0.39 is 10.0 Å². The molecule has 3 heterocycles. The summed E-state index contributed by atoms with van der Waals surface area (Å²) in [5, 5.41) is 2.49. The lowest BCUT2D eigenvalue weighted by Crippen LogP contribution is -2.22. The first kappa shape index (κ1) is 21.0. The standard InChI is InChI=1S/C19H21N5O3S3/c1-5-24-15-7-6-12(30(26,27)22(2)3)10-14(15)20-16(24)11-29-19-21-13-8-9-28-17(13)18(25)23(19)4/h6-10H,5,11H2,1-4H3. The molecule has 0 N–H and O–H groups in total. The van der Waals surface area contributed by atoms with E-state index in [0.29, 0.717) is 33.2 Å². The van der Waals surface area contributed by atoms with Crippen molar-refractivity contribution in [3.8, 4) is 0 Å². The minimum atomic E-state index is -3.53. The summed E-state index contributed by atoms with van der Waals surface area (Å²) in [5.74, 6) is 1.31. The number of imidazole rings is 1. The van der Waals surface area contributed by atoms with Crippen LogP contribution < -0.4 is 5.56 Å². The smallest absolute Gasteiger partial charge is 0.271 e. The van der Waals surface area contributed by atoms with E-state index in [-0.39, 0.29) is 10.5 Å². The highest BCUT2D eigenvalue weighted by Gasteiger charge is 2.20. The third kappa shape index (κ3) is 3.45. The molecule has 0 spiro atoms. The van der Waals surface area contributed by atoms with Crippen molar-refractivity contribution < 1.29 is 8.42 Å². The van der Waals surface area contributed by atoms with Gasteiger partial charge in [-0.15, -0.1) is 11.3 Å². The minimum Gasteiger partial charge on any atom is -0.328 e. The summed E-state index contributed by atoms with van der Waals surface area (Å²) in [6.45, 7) is 2.72. The zero-order valence-electron chi connectivity index (χ0n) is 17.0. The number of nitrogens with zero attached hydrogens (tertiary/aromatic N) is 5. The second-order valence-corrected chi connectivity index (χ2v) is 10.9. The molecule has 0 aliphatic heterocycles. The van der Waals surface area contributed by atoms with E-state index in [4.69, 9.17) is 0 Å². The van der Waals surface area contributed by atoms with Crippen molar-refractivity contribution in [1.82, 2.24) is 23.4 Å². The molecular weight excluding hydrogens is 442 g/mol. The summed E-state index contributed by atoms with van der Waals surface area (Å²) >= 11 is 2.83. The second-order valence-electron chi connectivity index (χ2n) is 6.89. The number of benzene rings is 1. The molecule has 8 nitrogen and oxygen atoms in total. The molecule has 1 aromatic carbocycles. The van der Waals surface area contributed by atoms with Crippen LogP contribution >= 0.6 is 23.1 Å². The lowest BCUT2D eigenvalue weighted by molar-refractivity contribution is 0.521. The van der Waals surface area contributed by atoms with Crippen molar-refractivity contribution in [2.24, 2.45) is 7.05 Å². The van der Waals surface area contributed by atoms with Gasteiger partial charge in [-0.3, -0.25) is 9.36 Å². The van der Waals surface area contributed by atoms with Crippen molar-refractivity contribution in [1.29, 1.82) is 0 Å². The second kappa shape index (κ2) is 7.80. The van der Waals surface area contributed by atoms with E-state index in [0.717, 1.165) is 11.3 Å². The molecule has 0 amide bonds. The fourth-order valence-electron chi connectivity index (χ4n) is 3.22. The maximum Gasteiger partial charge on any atom is 0.271 e. The molecule has 4 rings (SSSR count). The maximum absolute atomic E-state index is 12.5. The number of hydrogen-bond donors (Lipinski definition) is 0. The van der Waals surface area contributed by atoms with Crippen LogP contribution in [0.15, 0.2) is 44.5 Å². The lowest BCUT2D eigenvalue weighted by Gasteiger charge is -2.11. The van der Waals surface area contributed by atoms with Crippen LogP contribution in [-0.2, 0) is 29.4 Å². The number of fused-ring (bicyclic) bond motifs is 2. The average molecular weight is 464 g/mol. The van der Waals surface area contributed by atoms with Gasteiger partial charge in [0, 0.05) is 27.7 Å². The van der Waals surface area contributed by atoms with Gasteiger partial charge in [0.15, 0.2) is 5.16 Å². The Morgan fingerprint density at radius 3 is 2.63 bits per heavy atom. The summed E-state index contributed by atoms with van der Waals surface area (Å²) in [4.78, 5) is 22.0. The van der Waals surface area contributed by atoms with E-state index in [1.807, 2.05) is 18.4 Å². The monoisotopic (exact) mass is 463 g/mol. The van der Waals surface area contributed by atoms with Gasteiger partial charge in [-0.05, 0) is 36.6 Å². The van der Waals surface area contributed by atoms with Crippen molar-refractivity contribution in [3.63, 3.8) is 0 Å². The van der Waals surface area contributed by atoms with Crippen LogP contribution in [-0.4, -0.2) is 45.9 Å². The summed E-state index contributed by atoms with van der Waals surface area (Å²) in [6, 6.07) is 6.86. The predicted octanol–water partition coefficient (Wildman–Crippen LogP) is 2.91. The third-order valence-corrected chi connectivity index (χ3v) is 8.60. The first-order chi connectivity index (χ1) is 14.2. The van der Waals surface area contributed by atoms with Crippen LogP contribution in [0.2, 0.25) is 0 Å². The Morgan fingerprint density at radius 2 is 1.93 bits per heavy atom. The SMILES string of the molecule is CCn1c(CSc2nc3ccsc3c(=O)n2C)nc2cc(S(=O)(=O)N(C)C)ccc21. The average Bonchev–Trinajstić information content (AvgIpc) is 3.32. The molecule has 0 aliphatic carbocycles. The van der Waals surface area contributed by atoms with Gasteiger partial charge in [0.05, 0.1) is 27.2 Å². The Hall–Kier alpha value is -2.21. The summed E-state index contributed by atoms with van der Waals surface area (Å²) in [5.41, 5.74) is 2.15. The van der Waals surface area contributed by atoms with Crippen LogP contribution in [0.3, 0.4) is 0 Å². The molecule has 3 aromatic heterocycles. The van der Waals surface area contributed by atoms with Gasteiger partial charge in [0.2, 0.25) is 10.0 Å². The van der Waals surface area contributed by atoms with Gasteiger partial charge in [-0.2, -0.15) is 0 Å². The van der Waals surface area contributed by atoms with Gasteiger partial charge in [0.25, 0.3) is 5.56 Å². The highest BCUT2D eigenvalue weighted by Crippen LogP contribution is 2.27. The third-order valence-electron chi connectivity index (χ3n) is 4.87. The summed E-state index contributed by atoms with van der Waals surface area (Å²) < 4.78 is 30.3. The van der Waals surface area contributed by atoms with Gasteiger partial charge in [-0.1, -0.05) is 11.8 Å². The van der Waals surface area contributed by atoms with Gasteiger partial charge in [-0.25, -0.2) is 22.7 Å². The van der Waals surface area contributed by atoms with Crippen LogP contribution in [0.4, 0.5) is 0 Å². The largest absolute Gasteiger partial charge is 0.328 e. The number of thiophene rings is 1. The van der Waals surface area contributed by atoms with Crippen molar-refractivity contribution in [2.45, 2.75) is 29.3 Å². The van der Waals surface area contributed by atoms with Crippen molar-refractivity contribution >= 4 is 54.4 Å². The van der Waals surface area contributed by atoms with Crippen LogP contribution in [0.5, 0.6) is 0 Å². The fraction of sp³-hybridized carbons (Fsp3) is 0.316. The Kier molecular flexibility index (Phi) is 5.47. The molecule has 158 valence electrons. The molecule has 0 atom stereocenters. The first-order valence-electron chi connectivity index (χ1n) is 9.22. The first-order valence-corrected chi connectivity index (χ1v) is 12.5. The molecule has 0 saturated carbocycles. The molecule has 0 aliphatic rings. The molecule has 0 unspecified atom stereocenters. The topological polar surface area (TPSA) is 90.1 Å². The van der Waals surface area contributed by atoms with Crippen LogP contribution in [0, 0.1) is 0 Å². The van der Waals surface area contributed by atoms with Gasteiger partial charge >= 0.3 is 0 Å². The highest BCUT2D eigenvalue weighted by atomic mass is 32.2. The number of aromatic nitrogens is 4. The number of aryl methyl sites for hydroxylation is 1. The molecule has 11 heteroatoms. The molecule has 0 saturated heterocycles. The normalized spacial score (nSPS) is 12.4. The van der Waals surface area contributed by atoms with Crippen molar-refractivity contribution in [2.75, 3.05) is 14.1 Å². The van der Waals surface area contributed by atoms with E-state index in [1.54, 1.807) is 29.8 Å². The predicted molar refractivity (Wildman–Crippen MR) is 121 cm³/mol. The lowest BCUT2D eigenvalue weighted by atomic mass is 10.3. The minimum absolute atomic E-state index is 0.0555. The molecule has 0 bridgehead atoms. The number of thioether (sulfide) groups is 1. The Morgan fingerprint density at radius 1 is 1.17 bits per heavy atom. The number of hydrogen-bond acceptors (Lipinski definition) is 7. The number of sulfonamides is 1. The Balaban J connectivity index is 1.71. The number of rotatable bonds is 6. The highest BCUT2D eigenvalue weighted by molar-refractivity contribution is 7.98. The van der Waals surface area contributed by atoms with Crippen molar-refractivity contribution in [3.05, 3.63) is 45.8 Å². The van der Waals surface area contributed by atoms with E-state index >= 15 is 0 Å². The zero-order valence-corrected chi connectivity index (χ0v) is 19.4.